The molecule has 0 fully saturated rings. The summed E-state index contributed by atoms with van der Waals surface area (Å²) in [5, 5.41) is 5.89. The first kappa shape index (κ1) is 13.1. The molecule has 0 atom stereocenters. The number of hydrogen-bond acceptors (Lipinski definition) is 6. The van der Waals surface area contributed by atoms with Crippen LogP contribution in [-0.4, -0.2) is 10.1 Å². The summed E-state index contributed by atoms with van der Waals surface area (Å²) in [6.07, 6.45) is 0. The molecule has 20 heavy (non-hydrogen) atoms. The normalized spacial score (nSPS) is 10.7. The Hall–Kier alpha value is -1.86. The monoisotopic (exact) mass is 351 g/mol. The molecule has 2 N–H and O–H groups in total. The quantitative estimate of drug-likeness (QED) is 0.725. The number of aromatic nitrogens is 2. The van der Waals surface area contributed by atoms with Crippen molar-refractivity contribution in [3.8, 4) is 16.5 Å². The molecule has 3 rings (SSSR count). The number of hydrogen-bond donors (Lipinski definition) is 1. The number of rotatable bonds is 4. The van der Waals surface area contributed by atoms with Crippen LogP contribution < -0.4 is 10.5 Å². The zero-order valence-corrected chi connectivity index (χ0v) is 12.6. The molecule has 0 radical (unpaired) electrons. The predicted molar refractivity (Wildman–Crippen MR) is 80.5 cm³/mol. The number of halogens is 1. The van der Waals surface area contributed by atoms with E-state index in [-0.39, 0.29) is 6.61 Å². The van der Waals surface area contributed by atoms with Gasteiger partial charge in [0.05, 0.1) is 10.6 Å². The van der Waals surface area contributed by atoms with Crippen molar-refractivity contribution in [2.45, 2.75) is 6.61 Å². The van der Waals surface area contributed by atoms with Crippen LogP contribution in [0, 0.1) is 0 Å². The molecule has 0 aliphatic heterocycles. The molecule has 102 valence electrons. The molecule has 2 heterocycles. The molecule has 0 aliphatic rings. The van der Waals surface area contributed by atoms with Gasteiger partial charge in [-0.1, -0.05) is 17.3 Å². The summed E-state index contributed by atoms with van der Waals surface area (Å²) in [6.45, 7) is 0.188. The average molecular weight is 352 g/mol. The molecule has 2 aromatic heterocycles. The molecule has 3 aromatic rings. The lowest BCUT2D eigenvalue weighted by atomic mass is 10.3. The molecular formula is C13H10BrN3O2S. The zero-order chi connectivity index (χ0) is 13.9. The first-order valence-electron chi connectivity index (χ1n) is 5.76. The van der Waals surface area contributed by atoms with E-state index in [1.54, 1.807) is 23.5 Å². The topological polar surface area (TPSA) is 74.2 Å². The molecule has 0 saturated carbocycles. The van der Waals surface area contributed by atoms with Crippen molar-refractivity contribution in [3.63, 3.8) is 0 Å². The van der Waals surface area contributed by atoms with Gasteiger partial charge < -0.3 is 15.0 Å². The summed E-state index contributed by atoms with van der Waals surface area (Å²) < 4.78 is 11.7. The second kappa shape index (κ2) is 5.64. The molecule has 0 unspecified atom stereocenters. The van der Waals surface area contributed by atoms with Crippen LogP contribution in [0.5, 0.6) is 5.75 Å². The Morgan fingerprint density at radius 3 is 2.95 bits per heavy atom. The predicted octanol–water partition coefficient (Wildman–Crippen LogP) is 3.72. The molecule has 0 spiro atoms. The summed E-state index contributed by atoms with van der Waals surface area (Å²) >= 11 is 4.93. The van der Waals surface area contributed by atoms with Crippen LogP contribution in [-0.2, 0) is 6.61 Å². The molecule has 0 aliphatic carbocycles. The van der Waals surface area contributed by atoms with Gasteiger partial charge in [-0.2, -0.15) is 4.98 Å². The summed E-state index contributed by atoms with van der Waals surface area (Å²) in [5.74, 6) is 1.57. The van der Waals surface area contributed by atoms with E-state index in [4.69, 9.17) is 15.0 Å². The van der Waals surface area contributed by atoms with E-state index in [0.29, 0.717) is 23.2 Å². The maximum absolute atomic E-state index is 5.79. The van der Waals surface area contributed by atoms with Crippen molar-refractivity contribution in [2.75, 3.05) is 5.73 Å². The van der Waals surface area contributed by atoms with E-state index in [2.05, 4.69) is 26.1 Å². The largest absolute Gasteiger partial charge is 0.482 e. The molecule has 5 nitrogen and oxygen atoms in total. The number of benzene rings is 1. The molecule has 0 bridgehead atoms. The van der Waals surface area contributed by atoms with Gasteiger partial charge in [-0.15, -0.1) is 11.3 Å². The summed E-state index contributed by atoms with van der Waals surface area (Å²) in [6, 6.07) is 9.21. The van der Waals surface area contributed by atoms with Crippen LogP contribution in [0.25, 0.3) is 10.7 Å². The summed E-state index contributed by atoms with van der Waals surface area (Å²) in [4.78, 5) is 5.22. The van der Waals surface area contributed by atoms with E-state index in [0.717, 1.165) is 9.35 Å². The van der Waals surface area contributed by atoms with Gasteiger partial charge in [0, 0.05) is 9.85 Å². The third-order valence-electron chi connectivity index (χ3n) is 2.53. The molecule has 1 aromatic carbocycles. The minimum atomic E-state index is 0.188. The van der Waals surface area contributed by atoms with Gasteiger partial charge in [0.15, 0.2) is 6.61 Å². The standard InChI is InChI=1S/C13H10BrN3O2S/c14-8-5-11(20-7-8)13-16-12(19-17-13)6-18-10-4-2-1-3-9(10)15/h1-5,7H,6,15H2. The number of nitrogens with zero attached hydrogens (tertiary/aromatic N) is 2. The number of thiophene rings is 1. The number of nitrogen functional groups attached to an aromatic ring is 1. The van der Waals surface area contributed by atoms with Crippen molar-refractivity contribution in [3.05, 3.63) is 46.1 Å². The summed E-state index contributed by atoms with van der Waals surface area (Å²) in [5.41, 5.74) is 6.37. The Labute approximate surface area is 127 Å². The third kappa shape index (κ3) is 2.83. The minimum Gasteiger partial charge on any atom is -0.482 e. The second-order valence-corrected chi connectivity index (χ2v) is 5.79. The van der Waals surface area contributed by atoms with Gasteiger partial charge in [0.2, 0.25) is 5.82 Å². The minimum absolute atomic E-state index is 0.188. The fourth-order valence-electron chi connectivity index (χ4n) is 1.60. The fraction of sp³-hybridized carbons (Fsp3) is 0.0769. The maximum atomic E-state index is 5.79. The Bertz CT molecular complexity index is 726. The Morgan fingerprint density at radius 2 is 2.20 bits per heavy atom. The number of nitrogens with two attached hydrogens (primary N) is 1. The Kier molecular flexibility index (Phi) is 3.70. The van der Waals surface area contributed by atoms with E-state index in [1.165, 1.54) is 0 Å². The lowest BCUT2D eigenvalue weighted by Gasteiger charge is -2.05. The van der Waals surface area contributed by atoms with Crippen molar-refractivity contribution < 1.29 is 9.26 Å². The number of anilines is 1. The highest BCUT2D eigenvalue weighted by Gasteiger charge is 2.11. The van der Waals surface area contributed by atoms with Gasteiger partial charge in [-0.3, -0.25) is 0 Å². The molecular weight excluding hydrogens is 342 g/mol. The third-order valence-corrected chi connectivity index (χ3v) is 4.21. The zero-order valence-electron chi connectivity index (χ0n) is 10.2. The lowest BCUT2D eigenvalue weighted by Crippen LogP contribution is -1.98. The SMILES string of the molecule is Nc1ccccc1OCc1nc(-c2cc(Br)cs2)no1. The van der Waals surface area contributed by atoms with Crippen LogP contribution in [0.2, 0.25) is 0 Å². The second-order valence-electron chi connectivity index (χ2n) is 3.97. The highest BCUT2D eigenvalue weighted by Crippen LogP contribution is 2.28. The maximum Gasteiger partial charge on any atom is 0.264 e. The van der Waals surface area contributed by atoms with E-state index >= 15 is 0 Å². The first-order chi connectivity index (χ1) is 9.72. The van der Waals surface area contributed by atoms with Crippen LogP contribution in [0.1, 0.15) is 5.89 Å². The highest BCUT2D eigenvalue weighted by atomic mass is 79.9. The van der Waals surface area contributed by atoms with Gasteiger partial charge >= 0.3 is 0 Å². The molecule has 7 heteroatoms. The smallest absolute Gasteiger partial charge is 0.264 e. The van der Waals surface area contributed by atoms with Crippen molar-refractivity contribution in [1.29, 1.82) is 0 Å². The van der Waals surface area contributed by atoms with Crippen LogP contribution in [0.3, 0.4) is 0 Å². The van der Waals surface area contributed by atoms with Gasteiger partial charge in [-0.05, 0) is 34.1 Å². The van der Waals surface area contributed by atoms with E-state index < -0.39 is 0 Å². The van der Waals surface area contributed by atoms with Crippen LogP contribution in [0.15, 0.2) is 44.7 Å². The van der Waals surface area contributed by atoms with Gasteiger partial charge in [-0.25, -0.2) is 0 Å². The van der Waals surface area contributed by atoms with Crippen LogP contribution in [0.4, 0.5) is 5.69 Å². The van der Waals surface area contributed by atoms with Crippen molar-refractivity contribution >= 4 is 33.0 Å². The lowest BCUT2D eigenvalue weighted by molar-refractivity contribution is 0.244. The Balaban J connectivity index is 1.70. The average Bonchev–Trinajstić information content (AvgIpc) is 3.06. The van der Waals surface area contributed by atoms with Crippen molar-refractivity contribution in [2.24, 2.45) is 0 Å². The first-order valence-corrected chi connectivity index (χ1v) is 7.44. The number of ether oxygens (including phenoxy) is 1. The molecule has 0 amide bonds. The van der Waals surface area contributed by atoms with Gasteiger partial charge in [0.1, 0.15) is 5.75 Å². The fourth-order valence-corrected chi connectivity index (χ4v) is 2.95. The van der Waals surface area contributed by atoms with Crippen LogP contribution >= 0.6 is 27.3 Å². The Morgan fingerprint density at radius 1 is 1.35 bits per heavy atom. The van der Waals surface area contributed by atoms with Gasteiger partial charge in [0.25, 0.3) is 5.89 Å². The highest BCUT2D eigenvalue weighted by molar-refractivity contribution is 9.10. The summed E-state index contributed by atoms with van der Waals surface area (Å²) in [7, 11) is 0. The molecule has 0 saturated heterocycles. The van der Waals surface area contributed by atoms with Crippen molar-refractivity contribution in [1.82, 2.24) is 10.1 Å². The van der Waals surface area contributed by atoms with E-state index in [9.17, 15) is 0 Å². The number of para-hydroxylation sites is 2. The van der Waals surface area contributed by atoms with E-state index in [1.807, 2.05) is 23.6 Å².